The molecule has 0 aliphatic heterocycles. The average molecular weight is 290 g/mol. The largest absolute Gasteiger partial charge is 0.0729 e. The average Bonchev–Trinajstić information content (AvgIpc) is 2.49. The van der Waals surface area contributed by atoms with Crippen molar-refractivity contribution < 1.29 is 0 Å². The predicted octanol–water partition coefficient (Wildman–Crippen LogP) is 5.69. The van der Waals surface area contributed by atoms with Crippen LogP contribution in [0, 0.1) is 6.92 Å². The molecule has 0 spiro atoms. The smallest absolute Gasteiger partial charge is 0.0193 e. The first-order valence-corrected chi connectivity index (χ1v) is 8.39. The SMILES string of the molecule is CC(C)=C(C)c1cc2ccc1CCc1ccc(c(C)c1)CC2. The Morgan fingerprint density at radius 3 is 1.95 bits per heavy atom. The Labute approximate surface area is 134 Å². The summed E-state index contributed by atoms with van der Waals surface area (Å²) in [7, 11) is 0. The van der Waals surface area contributed by atoms with Gasteiger partial charge in [-0.25, -0.2) is 0 Å². The van der Waals surface area contributed by atoms with E-state index in [1.165, 1.54) is 44.5 Å². The molecule has 0 heterocycles. The van der Waals surface area contributed by atoms with Crippen LogP contribution in [0.4, 0.5) is 0 Å². The van der Waals surface area contributed by atoms with E-state index in [9.17, 15) is 0 Å². The second-order valence-electron chi connectivity index (χ2n) is 6.88. The molecular formula is C22H26. The van der Waals surface area contributed by atoms with Crippen LogP contribution in [0.3, 0.4) is 0 Å². The minimum Gasteiger partial charge on any atom is -0.0729 e. The topological polar surface area (TPSA) is 0 Å². The van der Waals surface area contributed by atoms with E-state index in [1.54, 1.807) is 0 Å². The molecule has 6 rings (SSSR count). The molecule has 4 bridgehead atoms. The number of hydrogen-bond acceptors (Lipinski definition) is 0. The summed E-state index contributed by atoms with van der Waals surface area (Å²) in [5.74, 6) is 0. The van der Waals surface area contributed by atoms with Crippen LogP contribution in [0.2, 0.25) is 0 Å². The number of rotatable bonds is 1. The quantitative estimate of drug-likeness (QED) is 0.632. The Morgan fingerprint density at radius 1 is 0.727 bits per heavy atom. The molecule has 0 heteroatoms. The maximum atomic E-state index is 2.43. The Balaban J connectivity index is 2.07. The standard InChI is InChI=1S/C22H26/c1-15(2)17(4)22-14-19-6-10-20-9-5-18(13-16(20)3)7-11-21(22)12-8-19/h5,8-9,12-14H,6-7,10-11H2,1-4H3. The number of aryl methyl sites for hydroxylation is 5. The van der Waals surface area contributed by atoms with Crippen LogP contribution < -0.4 is 0 Å². The van der Waals surface area contributed by atoms with E-state index in [1.807, 2.05) is 0 Å². The van der Waals surface area contributed by atoms with Crippen molar-refractivity contribution in [2.45, 2.75) is 53.4 Å². The molecule has 0 nitrogen and oxygen atoms in total. The van der Waals surface area contributed by atoms with E-state index in [-0.39, 0.29) is 0 Å². The Bertz CT molecular complexity index is 728. The lowest BCUT2D eigenvalue weighted by molar-refractivity contribution is 0.909. The van der Waals surface area contributed by atoms with Gasteiger partial charge in [0, 0.05) is 0 Å². The van der Waals surface area contributed by atoms with Gasteiger partial charge in [-0.1, -0.05) is 42.0 Å². The fourth-order valence-corrected chi connectivity index (χ4v) is 3.37. The van der Waals surface area contributed by atoms with Gasteiger partial charge in [0.1, 0.15) is 0 Å². The highest BCUT2D eigenvalue weighted by Crippen LogP contribution is 2.27. The molecule has 2 aromatic carbocycles. The molecule has 0 saturated heterocycles. The van der Waals surface area contributed by atoms with Crippen molar-refractivity contribution in [2.75, 3.05) is 0 Å². The van der Waals surface area contributed by atoms with Gasteiger partial charge in [-0.05, 0) is 92.3 Å². The Hall–Kier alpha value is -1.82. The lowest BCUT2D eigenvalue weighted by Gasteiger charge is -2.17. The zero-order valence-corrected chi connectivity index (χ0v) is 14.3. The van der Waals surface area contributed by atoms with E-state index in [0.29, 0.717) is 0 Å². The first-order valence-electron chi connectivity index (χ1n) is 8.39. The molecule has 0 atom stereocenters. The van der Waals surface area contributed by atoms with Crippen LogP contribution in [-0.4, -0.2) is 0 Å². The van der Waals surface area contributed by atoms with E-state index < -0.39 is 0 Å². The van der Waals surface area contributed by atoms with Crippen LogP contribution in [-0.2, 0) is 25.7 Å². The van der Waals surface area contributed by atoms with E-state index >= 15 is 0 Å². The lowest BCUT2D eigenvalue weighted by atomic mass is 9.88. The highest BCUT2D eigenvalue weighted by atomic mass is 14.2. The molecule has 4 aliphatic rings. The summed E-state index contributed by atoms with van der Waals surface area (Å²) in [6, 6.07) is 14.2. The van der Waals surface area contributed by atoms with E-state index in [0.717, 1.165) is 25.7 Å². The second-order valence-corrected chi connectivity index (χ2v) is 6.88. The van der Waals surface area contributed by atoms with Crippen LogP contribution in [0.5, 0.6) is 0 Å². The van der Waals surface area contributed by atoms with Crippen molar-refractivity contribution in [3.63, 3.8) is 0 Å². The molecule has 0 fully saturated rings. The van der Waals surface area contributed by atoms with Gasteiger partial charge in [0.25, 0.3) is 0 Å². The first kappa shape index (κ1) is 15.1. The van der Waals surface area contributed by atoms with Crippen LogP contribution in [0.1, 0.15) is 54.2 Å². The van der Waals surface area contributed by atoms with Crippen molar-refractivity contribution in [1.29, 1.82) is 0 Å². The normalized spacial score (nSPS) is 13.6. The third-order valence-electron chi connectivity index (χ3n) is 5.10. The molecule has 0 radical (unpaired) electrons. The third kappa shape index (κ3) is 3.02. The minimum atomic E-state index is 1.12. The van der Waals surface area contributed by atoms with Gasteiger partial charge in [0.15, 0.2) is 0 Å². The summed E-state index contributed by atoms with van der Waals surface area (Å²) in [6.45, 7) is 8.96. The third-order valence-corrected chi connectivity index (χ3v) is 5.10. The molecule has 22 heavy (non-hydrogen) atoms. The summed E-state index contributed by atoms with van der Waals surface area (Å²) in [5.41, 5.74) is 11.7. The monoisotopic (exact) mass is 290 g/mol. The van der Waals surface area contributed by atoms with Gasteiger partial charge in [-0.3, -0.25) is 0 Å². The van der Waals surface area contributed by atoms with Crippen LogP contribution in [0.25, 0.3) is 5.57 Å². The number of hydrogen-bond donors (Lipinski definition) is 0. The van der Waals surface area contributed by atoms with Crippen LogP contribution >= 0.6 is 0 Å². The Kier molecular flexibility index (Phi) is 4.20. The summed E-state index contributed by atoms with van der Waals surface area (Å²) in [6.07, 6.45) is 4.52. The summed E-state index contributed by atoms with van der Waals surface area (Å²) in [5, 5.41) is 0. The lowest BCUT2D eigenvalue weighted by Crippen LogP contribution is -2.03. The predicted molar refractivity (Wildman–Crippen MR) is 96.4 cm³/mol. The van der Waals surface area contributed by atoms with Crippen molar-refractivity contribution in [2.24, 2.45) is 0 Å². The summed E-state index contributed by atoms with van der Waals surface area (Å²) in [4.78, 5) is 0. The fourth-order valence-electron chi connectivity index (χ4n) is 3.37. The van der Waals surface area contributed by atoms with Gasteiger partial charge in [-0.15, -0.1) is 0 Å². The maximum Gasteiger partial charge on any atom is -0.0193 e. The van der Waals surface area contributed by atoms with Gasteiger partial charge in [-0.2, -0.15) is 0 Å². The maximum absolute atomic E-state index is 2.43. The van der Waals surface area contributed by atoms with Gasteiger partial charge in [0.2, 0.25) is 0 Å². The Morgan fingerprint density at radius 2 is 1.32 bits per heavy atom. The second kappa shape index (κ2) is 6.12. The van der Waals surface area contributed by atoms with Crippen LogP contribution in [0.15, 0.2) is 42.0 Å². The van der Waals surface area contributed by atoms with Crippen molar-refractivity contribution in [3.05, 3.63) is 75.4 Å². The number of allylic oxidation sites excluding steroid dienone is 2. The first-order chi connectivity index (χ1) is 10.5. The van der Waals surface area contributed by atoms with Gasteiger partial charge in [0.05, 0.1) is 0 Å². The molecule has 114 valence electrons. The van der Waals surface area contributed by atoms with E-state index in [4.69, 9.17) is 0 Å². The van der Waals surface area contributed by atoms with E-state index in [2.05, 4.69) is 64.1 Å². The summed E-state index contributed by atoms with van der Waals surface area (Å²) < 4.78 is 0. The number of benzene rings is 2. The molecule has 0 N–H and O–H groups in total. The molecule has 0 unspecified atom stereocenters. The highest BCUT2D eigenvalue weighted by molar-refractivity contribution is 5.69. The summed E-state index contributed by atoms with van der Waals surface area (Å²) >= 11 is 0. The van der Waals surface area contributed by atoms with Gasteiger partial charge >= 0.3 is 0 Å². The highest BCUT2D eigenvalue weighted by Gasteiger charge is 2.10. The molecule has 0 saturated carbocycles. The van der Waals surface area contributed by atoms with Crippen molar-refractivity contribution in [3.8, 4) is 0 Å². The molecular weight excluding hydrogens is 264 g/mol. The molecule has 0 aromatic heterocycles. The fraction of sp³-hybridized carbons (Fsp3) is 0.364. The zero-order valence-electron chi connectivity index (χ0n) is 14.3. The molecule has 2 aromatic rings. The molecule has 0 amide bonds. The zero-order chi connectivity index (χ0) is 15.7. The van der Waals surface area contributed by atoms with Gasteiger partial charge < -0.3 is 0 Å². The minimum absolute atomic E-state index is 1.12. The van der Waals surface area contributed by atoms with Crippen molar-refractivity contribution in [1.82, 2.24) is 0 Å². The molecule has 4 aliphatic carbocycles. The van der Waals surface area contributed by atoms with Crippen molar-refractivity contribution >= 4 is 5.57 Å².